The van der Waals surface area contributed by atoms with E-state index in [0.29, 0.717) is 0 Å². The van der Waals surface area contributed by atoms with Crippen LogP contribution in [0, 0.1) is 15.9 Å². The lowest BCUT2D eigenvalue weighted by molar-refractivity contribution is -0.385. The second-order valence-electron chi connectivity index (χ2n) is 3.26. The molecule has 0 aliphatic heterocycles. The molecule has 0 saturated carbocycles. The van der Waals surface area contributed by atoms with Gasteiger partial charge in [0.15, 0.2) is 0 Å². The highest BCUT2D eigenvalue weighted by Crippen LogP contribution is 2.29. The molecule has 1 rings (SSSR count). The average Bonchev–Trinajstić information content (AvgIpc) is 2.20. The maximum Gasteiger partial charge on any atom is 0.311 e. The third-order valence-corrected chi connectivity index (χ3v) is 2.27. The Morgan fingerprint density at radius 2 is 2.25 bits per heavy atom. The molecule has 1 atom stereocenters. The average molecular weight is 227 g/mol. The van der Waals surface area contributed by atoms with E-state index < -0.39 is 28.3 Å². The second kappa shape index (κ2) is 4.69. The van der Waals surface area contributed by atoms with Crippen molar-refractivity contribution in [2.24, 2.45) is 0 Å². The summed E-state index contributed by atoms with van der Waals surface area (Å²) >= 11 is 0. The number of carboxylic acid groups (broad SMARTS) is 1. The highest BCUT2D eigenvalue weighted by atomic mass is 19.1. The number of hydrogen-bond acceptors (Lipinski definition) is 3. The van der Waals surface area contributed by atoms with Gasteiger partial charge in [-0.05, 0) is 18.6 Å². The Balaban J connectivity index is 3.31. The molecule has 0 bridgehead atoms. The van der Waals surface area contributed by atoms with Crippen LogP contribution in [0.5, 0.6) is 0 Å². The number of benzene rings is 1. The van der Waals surface area contributed by atoms with Crippen LogP contribution in [0.15, 0.2) is 18.2 Å². The normalized spacial score (nSPS) is 12.1. The monoisotopic (exact) mass is 227 g/mol. The first-order chi connectivity index (χ1) is 7.47. The van der Waals surface area contributed by atoms with E-state index in [1.165, 1.54) is 0 Å². The number of aliphatic carboxylic acids is 1. The van der Waals surface area contributed by atoms with Gasteiger partial charge < -0.3 is 5.11 Å². The summed E-state index contributed by atoms with van der Waals surface area (Å²) < 4.78 is 12.8. The van der Waals surface area contributed by atoms with E-state index in [1.807, 2.05) is 0 Å². The third-order valence-electron chi connectivity index (χ3n) is 2.27. The van der Waals surface area contributed by atoms with Crippen LogP contribution in [0.25, 0.3) is 0 Å². The van der Waals surface area contributed by atoms with Crippen LogP contribution < -0.4 is 0 Å². The zero-order valence-corrected chi connectivity index (χ0v) is 8.51. The molecule has 16 heavy (non-hydrogen) atoms. The Kier molecular flexibility index (Phi) is 3.55. The molecule has 0 heterocycles. The van der Waals surface area contributed by atoms with Crippen molar-refractivity contribution in [2.75, 3.05) is 0 Å². The predicted octanol–water partition coefficient (Wildman–Crippen LogP) is 2.31. The van der Waals surface area contributed by atoms with Crippen molar-refractivity contribution in [1.29, 1.82) is 0 Å². The van der Waals surface area contributed by atoms with Crippen molar-refractivity contribution < 1.29 is 19.2 Å². The first-order valence-corrected chi connectivity index (χ1v) is 4.64. The van der Waals surface area contributed by atoms with Gasteiger partial charge in [0, 0.05) is 5.56 Å². The number of nitrogens with zero attached hydrogens (tertiary/aromatic N) is 1. The Hall–Kier alpha value is -1.98. The second-order valence-corrected chi connectivity index (χ2v) is 3.26. The summed E-state index contributed by atoms with van der Waals surface area (Å²) in [5, 5.41) is 19.5. The molecule has 0 fully saturated rings. The van der Waals surface area contributed by atoms with Gasteiger partial charge in [0.1, 0.15) is 5.82 Å². The Morgan fingerprint density at radius 1 is 1.62 bits per heavy atom. The minimum Gasteiger partial charge on any atom is -0.481 e. The Morgan fingerprint density at radius 3 is 2.69 bits per heavy atom. The minimum absolute atomic E-state index is 0.0291. The highest BCUT2D eigenvalue weighted by Gasteiger charge is 2.26. The van der Waals surface area contributed by atoms with Gasteiger partial charge in [-0.25, -0.2) is 4.39 Å². The van der Waals surface area contributed by atoms with E-state index in [4.69, 9.17) is 5.11 Å². The topological polar surface area (TPSA) is 80.4 Å². The number of rotatable bonds is 4. The van der Waals surface area contributed by atoms with E-state index >= 15 is 0 Å². The van der Waals surface area contributed by atoms with Gasteiger partial charge in [-0.2, -0.15) is 0 Å². The number of hydrogen-bond donors (Lipinski definition) is 1. The van der Waals surface area contributed by atoms with Crippen molar-refractivity contribution in [3.63, 3.8) is 0 Å². The van der Waals surface area contributed by atoms with Crippen molar-refractivity contribution in [1.82, 2.24) is 0 Å². The van der Waals surface area contributed by atoms with Crippen LogP contribution in [0.1, 0.15) is 24.8 Å². The van der Waals surface area contributed by atoms with Gasteiger partial charge in [0.05, 0.1) is 16.9 Å². The van der Waals surface area contributed by atoms with E-state index in [0.717, 1.165) is 18.2 Å². The number of halogens is 1. The maximum absolute atomic E-state index is 12.8. The van der Waals surface area contributed by atoms with Gasteiger partial charge in [-0.3, -0.25) is 14.9 Å². The molecule has 1 unspecified atom stereocenters. The largest absolute Gasteiger partial charge is 0.481 e. The molecule has 1 aromatic rings. The molecule has 0 radical (unpaired) electrons. The molecule has 0 saturated heterocycles. The van der Waals surface area contributed by atoms with Crippen molar-refractivity contribution >= 4 is 11.7 Å². The van der Waals surface area contributed by atoms with Crippen LogP contribution in [0.2, 0.25) is 0 Å². The molecule has 0 spiro atoms. The van der Waals surface area contributed by atoms with Crippen LogP contribution in [0.4, 0.5) is 10.1 Å². The lowest BCUT2D eigenvalue weighted by Crippen LogP contribution is -2.12. The smallest absolute Gasteiger partial charge is 0.311 e. The van der Waals surface area contributed by atoms with Crippen LogP contribution in [-0.2, 0) is 4.79 Å². The lowest BCUT2D eigenvalue weighted by Gasteiger charge is -2.10. The Bertz CT molecular complexity index is 433. The summed E-state index contributed by atoms with van der Waals surface area (Å²) in [5.74, 6) is -2.89. The fraction of sp³-hybridized carbons (Fsp3) is 0.300. The number of nitro groups is 1. The zero-order valence-electron chi connectivity index (χ0n) is 8.51. The summed E-state index contributed by atoms with van der Waals surface area (Å²) in [6, 6.07) is 2.91. The third kappa shape index (κ3) is 2.33. The van der Waals surface area contributed by atoms with Gasteiger partial charge >= 0.3 is 5.97 Å². The van der Waals surface area contributed by atoms with Crippen LogP contribution in [-0.4, -0.2) is 16.0 Å². The zero-order chi connectivity index (χ0) is 12.3. The summed E-state index contributed by atoms with van der Waals surface area (Å²) in [4.78, 5) is 20.8. The van der Waals surface area contributed by atoms with Crippen LogP contribution >= 0.6 is 0 Å². The van der Waals surface area contributed by atoms with E-state index in [-0.39, 0.29) is 12.0 Å². The van der Waals surface area contributed by atoms with Gasteiger partial charge in [-0.15, -0.1) is 0 Å². The quantitative estimate of drug-likeness (QED) is 0.632. The fourth-order valence-corrected chi connectivity index (χ4v) is 1.50. The summed E-state index contributed by atoms with van der Waals surface area (Å²) in [6.45, 7) is 1.60. The molecule has 0 amide bonds. The fourth-order valence-electron chi connectivity index (χ4n) is 1.50. The van der Waals surface area contributed by atoms with Gasteiger partial charge in [-0.1, -0.05) is 6.92 Å². The van der Waals surface area contributed by atoms with Gasteiger partial charge in [0.25, 0.3) is 5.69 Å². The van der Waals surface area contributed by atoms with Crippen molar-refractivity contribution in [3.8, 4) is 0 Å². The van der Waals surface area contributed by atoms with Crippen LogP contribution in [0.3, 0.4) is 0 Å². The summed E-state index contributed by atoms with van der Waals surface area (Å²) in [5.41, 5.74) is -0.462. The standard InChI is InChI=1S/C10H10FNO4/c1-2-7(10(13)14)8-4-3-6(11)5-9(8)12(15)16/h3-5,7H,2H2,1H3,(H,13,14). The van der Waals surface area contributed by atoms with E-state index in [1.54, 1.807) is 6.92 Å². The van der Waals surface area contributed by atoms with Gasteiger partial charge in [0.2, 0.25) is 0 Å². The highest BCUT2D eigenvalue weighted by molar-refractivity contribution is 5.77. The summed E-state index contributed by atoms with van der Waals surface area (Å²) in [6.07, 6.45) is 0.210. The molecule has 1 aromatic carbocycles. The molecule has 1 N–H and O–H groups in total. The SMILES string of the molecule is CCC(C(=O)O)c1ccc(F)cc1[N+](=O)[O-]. The number of carbonyl (C=O) groups is 1. The Labute approximate surface area is 90.7 Å². The van der Waals surface area contributed by atoms with E-state index in [9.17, 15) is 19.3 Å². The molecule has 5 nitrogen and oxygen atoms in total. The molecule has 86 valence electrons. The molecule has 6 heteroatoms. The lowest BCUT2D eigenvalue weighted by atomic mass is 9.95. The number of nitro benzene ring substituents is 1. The molecule has 0 aliphatic carbocycles. The molecule has 0 aromatic heterocycles. The van der Waals surface area contributed by atoms with Crippen molar-refractivity contribution in [2.45, 2.75) is 19.3 Å². The maximum atomic E-state index is 12.8. The predicted molar refractivity (Wildman–Crippen MR) is 53.7 cm³/mol. The first kappa shape index (κ1) is 12.1. The minimum atomic E-state index is -1.16. The first-order valence-electron chi connectivity index (χ1n) is 4.64. The van der Waals surface area contributed by atoms with Crippen molar-refractivity contribution in [3.05, 3.63) is 39.7 Å². The molecule has 0 aliphatic rings. The van der Waals surface area contributed by atoms with E-state index in [2.05, 4.69) is 0 Å². The molecular weight excluding hydrogens is 217 g/mol. The number of carboxylic acids is 1. The molecular formula is C10H10FNO4. The summed E-state index contributed by atoms with van der Waals surface area (Å²) in [7, 11) is 0.